The second-order valence-corrected chi connectivity index (χ2v) is 4.56. The van der Waals surface area contributed by atoms with Crippen LogP contribution in [0.3, 0.4) is 0 Å². The lowest BCUT2D eigenvalue weighted by Crippen LogP contribution is -2.33. The van der Waals surface area contributed by atoms with Crippen LogP contribution >= 0.6 is 0 Å². The zero-order valence-electron chi connectivity index (χ0n) is 9.47. The van der Waals surface area contributed by atoms with Crippen molar-refractivity contribution in [2.45, 2.75) is 26.8 Å². The van der Waals surface area contributed by atoms with E-state index < -0.39 is 11.9 Å². The van der Waals surface area contributed by atoms with Crippen LogP contribution in [-0.2, 0) is 17.8 Å². The third kappa shape index (κ3) is 2.00. The fourth-order valence-corrected chi connectivity index (χ4v) is 1.84. The molecule has 88 valence electrons. The number of rotatable bonds is 3. The Kier molecular flexibility index (Phi) is 2.80. The highest BCUT2D eigenvalue weighted by molar-refractivity contribution is 5.71. The van der Waals surface area contributed by atoms with Crippen molar-refractivity contribution < 1.29 is 9.90 Å². The van der Waals surface area contributed by atoms with E-state index in [-0.39, 0.29) is 0 Å². The van der Waals surface area contributed by atoms with Gasteiger partial charge < -0.3 is 10.4 Å². The lowest BCUT2D eigenvalue weighted by atomic mass is 10.1. The topological polar surface area (TPSA) is 80.0 Å². The molecule has 0 spiro atoms. The van der Waals surface area contributed by atoms with Crippen molar-refractivity contribution >= 4 is 11.9 Å². The molecule has 1 atom stereocenters. The van der Waals surface area contributed by atoms with E-state index in [1.54, 1.807) is 0 Å². The van der Waals surface area contributed by atoms with E-state index in [2.05, 4.69) is 29.4 Å². The molecule has 0 aliphatic carbocycles. The van der Waals surface area contributed by atoms with Crippen molar-refractivity contribution in [2.24, 2.45) is 11.8 Å². The van der Waals surface area contributed by atoms with Crippen molar-refractivity contribution in [3.8, 4) is 0 Å². The van der Waals surface area contributed by atoms with Gasteiger partial charge in [0.05, 0.1) is 5.92 Å². The van der Waals surface area contributed by atoms with Crippen LogP contribution < -0.4 is 5.32 Å². The van der Waals surface area contributed by atoms with Gasteiger partial charge in [0.2, 0.25) is 5.95 Å². The van der Waals surface area contributed by atoms with Gasteiger partial charge in [-0.3, -0.25) is 9.36 Å². The third-order valence-electron chi connectivity index (χ3n) is 2.68. The maximum Gasteiger partial charge on any atom is 0.310 e. The summed E-state index contributed by atoms with van der Waals surface area (Å²) in [6.45, 7) is 5.10. The van der Waals surface area contributed by atoms with Crippen molar-refractivity contribution in [2.75, 3.05) is 11.9 Å². The molecule has 1 aliphatic rings. The largest absolute Gasteiger partial charge is 0.481 e. The molecule has 1 unspecified atom stereocenters. The van der Waals surface area contributed by atoms with Crippen molar-refractivity contribution in [3.63, 3.8) is 0 Å². The summed E-state index contributed by atoms with van der Waals surface area (Å²) >= 11 is 0. The smallest absolute Gasteiger partial charge is 0.310 e. The van der Waals surface area contributed by atoms with Gasteiger partial charge in [0.1, 0.15) is 5.82 Å². The summed E-state index contributed by atoms with van der Waals surface area (Å²) in [7, 11) is 0. The molecule has 0 amide bonds. The van der Waals surface area contributed by atoms with Gasteiger partial charge in [0.25, 0.3) is 0 Å². The predicted molar refractivity (Wildman–Crippen MR) is 58.2 cm³/mol. The first-order valence-electron chi connectivity index (χ1n) is 5.46. The Labute approximate surface area is 93.7 Å². The first-order valence-corrected chi connectivity index (χ1v) is 5.46. The Hall–Kier alpha value is -1.59. The van der Waals surface area contributed by atoms with Crippen molar-refractivity contribution in [1.82, 2.24) is 14.8 Å². The number of nitrogens with zero attached hydrogens (tertiary/aromatic N) is 3. The molecule has 16 heavy (non-hydrogen) atoms. The molecule has 1 aromatic rings. The number of carboxylic acid groups (broad SMARTS) is 1. The van der Waals surface area contributed by atoms with Crippen LogP contribution in [-0.4, -0.2) is 32.4 Å². The van der Waals surface area contributed by atoms with E-state index >= 15 is 0 Å². The van der Waals surface area contributed by atoms with Gasteiger partial charge in [-0.25, -0.2) is 0 Å². The Bertz CT molecular complexity index is 400. The summed E-state index contributed by atoms with van der Waals surface area (Å²) in [5.41, 5.74) is 0. The molecule has 2 rings (SSSR count). The highest BCUT2D eigenvalue weighted by atomic mass is 16.4. The van der Waals surface area contributed by atoms with Crippen molar-refractivity contribution in [1.29, 1.82) is 0 Å². The van der Waals surface area contributed by atoms with E-state index in [9.17, 15) is 4.79 Å². The Balaban J connectivity index is 2.21. The van der Waals surface area contributed by atoms with E-state index in [1.807, 2.05) is 4.57 Å². The standard InChI is InChI=1S/C10H16N4O2/c1-6(2)3-8-12-13-10-11-4-7(9(15)16)5-14(8)10/h6-7H,3-5H2,1-2H3,(H,11,13)(H,15,16). The first-order chi connectivity index (χ1) is 7.58. The maximum absolute atomic E-state index is 10.9. The molecule has 0 bridgehead atoms. The van der Waals surface area contributed by atoms with Gasteiger partial charge in [-0.05, 0) is 5.92 Å². The summed E-state index contributed by atoms with van der Waals surface area (Å²) in [6, 6.07) is 0. The third-order valence-corrected chi connectivity index (χ3v) is 2.68. The number of aromatic nitrogens is 3. The van der Waals surface area contributed by atoms with Gasteiger partial charge in [-0.1, -0.05) is 13.8 Å². The summed E-state index contributed by atoms with van der Waals surface area (Å²) in [5.74, 6) is 0.867. The number of nitrogens with one attached hydrogen (secondary N) is 1. The molecule has 0 fully saturated rings. The molecule has 0 saturated carbocycles. The maximum atomic E-state index is 10.9. The van der Waals surface area contributed by atoms with Crippen LogP contribution in [0.2, 0.25) is 0 Å². The second kappa shape index (κ2) is 4.11. The quantitative estimate of drug-likeness (QED) is 0.786. The van der Waals surface area contributed by atoms with Crippen LogP contribution in [0.5, 0.6) is 0 Å². The van der Waals surface area contributed by atoms with E-state index in [0.29, 0.717) is 25.0 Å². The summed E-state index contributed by atoms with van der Waals surface area (Å²) in [5, 5.41) is 20.1. The molecule has 2 heterocycles. The van der Waals surface area contributed by atoms with Crippen LogP contribution in [0.4, 0.5) is 5.95 Å². The second-order valence-electron chi connectivity index (χ2n) is 4.56. The normalized spacial score (nSPS) is 19.3. The van der Waals surface area contributed by atoms with Crippen LogP contribution in [0.1, 0.15) is 19.7 Å². The molecule has 1 aromatic heterocycles. The highest BCUT2D eigenvalue weighted by Gasteiger charge is 2.27. The molecule has 6 heteroatoms. The van der Waals surface area contributed by atoms with Gasteiger partial charge in [-0.15, -0.1) is 10.2 Å². The number of hydrogen-bond acceptors (Lipinski definition) is 4. The van der Waals surface area contributed by atoms with E-state index in [0.717, 1.165) is 12.2 Å². The van der Waals surface area contributed by atoms with E-state index in [4.69, 9.17) is 5.11 Å². The highest BCUT2D eigenvalue weighted by Crippen LogP contribution is 2.19. The summed E-state index contributed by atoms with van der Waals surface area (Å²) in [4.78, 5) is 10.9. The molecule has 6 nitrogen and oxygen atoms in total. The SMILES string of the molecule is CC(C)Cc1nnc2n1CC(C(=O)O)CN2. The molecular weight excluding hydrogens is 208 g/mol. The number of anilines is 1. The predicted octanol–water partition coefficient (Wildman–Crippen LogP) is 0.603. The molecule has 0 saturated heterocycles. The minimum Gasteiger partial charge on any atom is -0.481 e. The molecular formula is C10H16N4O2. The zero-order chi connectivity index (χ0) is 11.7. The van der Waals surface area contributed by atoms with Gasteiger partial charge in [0, 0.05) is 19.5 Å². The fourth-order valence-electron chi connectivity index (χ4n) is 1.84. The first kappa shape index (κ1) is 10.9. The molecule has 1 aliphatic heterocycles. The van der Waals surface area contributed by atoms with Crippen LogP contribution in [0.25, 0.3) is 0 Å². The monoisotopic (exact) mass is 224 g/mol. The number of carboxylic acids is 1. The summed E-state index contributed by atoms with van der Waals surface area (Å²) in [6.07, 6.45) is 0.820. The number of carbonyl (C=O) groups is 1. The van der Waals surface area contributed by atoms with Crippen LogP contribution in [0, 0.1) is 11.8 Å². The lowest BCUT2D eigenvalue weighted by Gasteiger charge is -2.22. The molecule has 0 radical (unpaired) electrons. The average Bonchev–Trinajstić information content (AvgIpc) is 2.60. The van der Waals surface area contributed by atoms with E-state index in [1.165, 1.54) is 0 Å². The van der Waals surface area contributed by atoms with Gasteiger partial charge >= 0.3 is 5.97 Å². The van der Waals surface area contributed by atoms with Crippen LogP contribution in [0.15, 0.2) is 0 Å². The minimum atomic E-state index is -0.776. The Morgan fingerprint density at radius 2 is 2.38 bits per heavy atom. The van der Waals surface area contributed by atoms with Crippen molar-refractivity contribution in [3.05, 3.63) is 5.82 Å². The summed E-state index contributed by atoms with van der Waals surface area (Å²) < 4.78 is 1.88. The lowest BCUT2D eigenvalue weighted by molar-refractivity contribution is -0.141. The zero-order valence-corrected chi connectivity index (χ0v) is 9.47. The number of aliphatic carboxylic acids is 1. The van der Waals surface area contributed by atoms with Gasteiger partial charge in [-0.2, -0.15) is 0 Å². The number of hydrogen-bond donors (Lipinski definition) is 2. The Morgan fingerprint density at radius 3 is 3.00 bits per heavy atom. The van der Waals surface area contributed by atoms with Gasteiger partial charge in [0.15, 0.2) is 0 Å². The Morgan fingerprint density at radius 1 is 1.62 bits per heavy atom. The minimum absolute atomic E-state index is 0.394. The molecule has 2 N–H and O–H groups in total. The fraction of sp³-hybridized carbons (Fsp3) is 0.700. The molecule has 0 aromatic carbocycles. The average molecular weight is 224 g/mol. The number of fused-ring (bicyclic) bond motifs is 1.